The third-order valence-corrected chi connectivity index (χ3v) is 10.1. The van der Waals surface area contributed by atoms with E-state index in [1.165, 1.54) is 36.6 Å². The number of hydrogen-bond donors (Lipinski definition) is 5. The van der Waals surface area contributed by atoms with Gasteiger partial charge in [0.2, 0.25) is 21.8 Å². The second-order valence-corrected chi connectivity index (χ2v) is 15.4. The highest BCUT2D eigenvalue weighted by Gasteiger charge is 2.27. The molecule has 3 aromatic rings. The molecule has 1 heterocycles. The van der Waals surface area contributed by atoms with Crippen LogP contribution in [0, 0.1) is 5.92 Å². The van der Waals surface area contributed by atoms with Gasteiger partial charge in [0, 0.05) is 48.6 Å². The monoisotopic (exact) mass is 712 g/mol. The fourth-order valence-electron chi connectivity index (χ4n) is 4.98. The van der Waals surface area contributed by atoms with E-state index in [1.54, 1.807) is 6.92 Å². The quantitative estimate of drug-likeness (QED) is 0.143. The number of rotatable bonds is 17. The van der Waals surface area contributed by atoms with Crippen molar-refractivity contribution in [1.29, 1.82) is 0 Å². The third-order valence-electron chi connectivity index (χ3n) is 7.97. The molecule has 0 bridgehead atoms. The first kappa shape index (κ1) is 39.2. The molecule has 0 saturated heterocycles. The number of sulfonamides is 1. The number of nitrogens with zero attached hydrogens (tertiary/aromatic N) is 1. The molecular weight excluding hydrogens is 665 g/mol. The summed E-state index contributed by atoms with van der Waals surface area (Å²) in [4.78, 5) is 53.8. The van der Waals surface area contributed by atoms with E-state index in [4.69, 9.17) is 0 Å². The Morgan fingerprint density at radius 1 is 0.837 bits per heavy atom. The molecular formula is C35H48N6O6S2. The van der Waals surface area contributed by atoms with E-state index < -0.39 is 40.0 Å². The number of carbonyl (C=O) groups is 4. The zero-order valence-corrected chi connectivity index (χ0v) is 30.7. The lowest BCUT2D eigenvalue weighted by Crippen LogP contribution is -2.55. The Kier molecular flexibility index (Phi) is 14.3. The second-order valence-electron chi connectivity index (χ2n) is 12.3. The number of thiophene rings is 1. The largest absolute Gasteiger partial charge is 0.355 e. The molecule has 0 spiro atoms. The summed E-state index contributed by atoms with van der Waals surface area (Å²) in [5.74, 6) is -1.74. The normalized spacial score (nSPS) is 13.9. The minimum Gasteiger partial charge on any atom is -0.355 e. The molecule has 0 aliphatic heterocycles. The number of carbonyl (C=O) groups excluding carboxylic acids is 4. The summed E-state index contributed by atoms with van der Waals surface area (Å²) in [5.41, 5.74) is 1.24. The average molecular weight is 713 g/mol. The van der Waals surface area contributed by atoms with E-state index in [9.17, 15) is 27.6 Å². The maximum Gasteiger partial charge on any atom is 0.251 e. The topological polar surface area (TPSA) is 166 Å². The summed E-state index contributed by atoms with van der Waals surface area (Å²) in [6.45, 7) is 9.68. The van der Waals surface area contributed by atoms with Crippen LogP contribution < -0.4 is 30.9 Å². The van der Waals surface area contributed by atoms with Crippen LogP contribution in [0.25, 0.3) is 0 Å². The predicted octanol–water partition coefficient (Wildman–Crippen LogP) is 3.23. The van der Waals surface area contributed by atoms with Crippen molar-refractivity contribution in [3.63, 3.8) is 0 Å². The fraction of sp³-hybridized carbons (Fsp3) is 0.429. The lowest BCUT2D eigenvalue weighted by molar-refractivity contribution is -0.130. The van der Waals surface area contributed by atoms with Gasteiger partial charge in [0.15, 0.2) is 0 Å². The van der Waals surface area contributed by atoms with E-state index in [1.807, 2.05) is 75.5 Å². The van der Waals surface area contributed by atoms with Crippen molar-refractivity contribution in [3.05, 3.63) is 87.6 Å². The Labute approximate surface area is 293 Å². The van der Waals surface area contributed by atoms with Crippen molar-refractivity contribution in [2.45, 2.75) is 65.2 Å². The van der Waals surface area contributed by atoms with E-state index in [0.29, 0.717) is 13.0 Å². The Bertz CT molecular complexity index is 1680. The van der Waals surface area contributed by atoms with Gasteiger partial charge in [-0.15, -0.1) is 11.3 Å². The second kappa shape index (κ2) is 17.9. The molecule has 4 amide bonds. The molecule has 266 valence electrons. The van der Waals surface area contributed by atoms with Gasteiger partial charge < -0.3 is 26.6 Å². The molecule has 5 N–H and O–H groups in total. The molecule has 0 fully saturated rings. The van der Waals surface area contributed by atoms with Gasteiger partial charge in [-0.05, 0) is 61.9 Å². The Balaban J connectivity index is 1.84. The standard InChI is InChI=1S/C35H48N6O6S2/c1-8-36-35(45)31(22(2)3)40-32(42)24(5)37-21-28(20-30-15-12-16-48-30)39-34(44)27-17-26(18-29(19-27)41(6)49(7,46)47)33(43)38-23(4)25-13-10-9-11-14-25/h9-19,22-24,28,31,37H,8,20-21H2,1-7H3,(H,36,45)(H,38,43)(H,39,44)(H,40,42)/t23-,24+,28+,31+/m1/s1. The molecule has 3 rings (SSSR count). The maximum atomic E-state index is 13.8. The average Bonchev–Trinajstić information content (AvgIpc) is 3.58. The van der Waals surface area contributed by atoms with Gasteiger partial charge in [-0.2, -0.15) is 0 Å². The summed E-state index contributed by atoms with van der Waals surface area (Å²) in [6.07, 6.45) is 1.49. The van der Waals surface area contributed by atoms with E-state index in [0.717, 1.165) is 21.0 Å². The van der Waals surface area contributed by atoms with Gasteiger partial charge >= 0.3 is 0 Å². The highest BCUT2D eigenvalue weighted by atomic mass is 32.2. The summed E-state index contributed by atoms with van der Waals surface area (Å²) >= 11 is 1.52. The van der Waals surface area contributed by atoms with Gasteiger partial charge in [0.25, 0.3) is 11.8 Å². The number of amides is 4. The van der Waals surface area contributed by atoms with Crippen LogP contribution in [0.4, 0.5) is 5.69 Å². The first-order chi connectivity index (χ1) is 23.1. The number of anilines is 1. The van der Waals surface area contributed by atoms with E-state index in [2.05, 4.69) is 26.6 Å². The zero-order valence-electron chi connectivity index (χ0n) is 29.1. The van der Waals surface area contributed by atoms with Gasteiger partial charge in [-0.3, -0.25) is 23.5 Å². The zero-order chi connectivity index (χ0) is 36.3. The molecule has 0 aliphatic carbocycles. The van der Waals surface area contributed by atoms with Crippen LogP contribution in [0.15, 0.2) is 66.0 Å². The van der Waals surface area contributed by atoms with Crippen molar-refractivity contribution in [2.24, 2.45) is 5.92 Å². The molecule has 0 radical (unpaired) electrons. The van der Waals surface area contributed by atoms with Crippen molar-refractivity contribution < 1.29 is 27.6 Å². The number of likely N-dealkylation sites (N-methyl/N-ethyl adjacent to an activating group) is 1. The van der Waals surface area contributed by atoms with Crippen LogP contribution in [0.2, 0.25) is 0 Å². The molecule has 4 atom stereocenters. The molecule has 1 aromatic heterocycles. The van der Waals surface area contributed by atoms with Gasteiger partial charge in [-0.1, -0.05) is 50.2 Å². The summed E-state index contributed by atoms with van der Waals surface area (Å²) in [7, 11) is -2.36. The molecule has 0 saturated carbocycles. The Morgan fingerprint density at radius 3 is 2.02 bits per heavy atom. The number of hydrogen-bond acceptors (Lipinski definition) is 8. The van der Waals surface area contributed by atoms with Crippen LogP contribution in [-0.2, 0) is 26.0 Å². The first-order valence-corrected chi connectivity index (χ1v) is 18.9. The molecule has 12 nitrogen and oxygen atoms in total. The summed E-state index contributed by atoms with van der Waals surface area (Å²) in [6, 6.07) is 15.3. The van der Waals surface area contributed by atoms with E-state index in [-0.39, 0.29) is 47.1 Å². The van der Waals surface area contributed by atoms with Gasteiger partial charge in [0.05, 0.1) is 24.0 Å². The molecule has 14 heteroatoms. The molecule has 0 aliphatic rings. The minimum absolute atomic E-state index is 0.0918. The highest BCUT2D eigenvalue weighted by Crippen LogP contribution is 2.22. The molecule has 49 heavy (non-hydrogen) atoms. The summed E-state index contributed by atoms with van der Waals surface area (Å²) < 4.78 is 25.9. The highest BCUT2D eigenvalue weighted by molar-refractivity contribution is 7.92. The summed E-state index contributed by atoms with van der Waals surface area (Å²) in [5, 5.41) is 16.6. The van der Waals surface area contributed by atoms with Crippen LogP contribution in [0.1, 0.15) is 71.8 Å². The van der Waals surface area contributed by atoms with Crippen molar-refractivity contribution in [2.75, 3.05) is 30.7 Å². The molecule has 2 aromatic carbocycles. The van der Waals surface area contributed by atoms with Crippen LogP contribution in [-0.4, -0.2) is 76.6 Å². The SMILES string of the molecule is CCNC(=O)[C@@H](NC(=O)[C@H](C)NC[C@H](Cc1cccs1)NC(=O)c1cc(C(=O)N[C@H](C)c2ccccc2)cc(N(C)S(C)(=O)=O)c1)C(C)C. The smallest absolute Gasteiger partial charge is 0.251 e. The Morgan fingerprint density at radius 2 is 1.47 bits per heavy atom. The number of benzene rings is 2. The minimum atomic E-state index is -3.72. The lowest BCUT2D eigenvalue weighted by Gasteiger charge is -2.25. The van der Waals surface area contributed by atoms with Gasteiger partial charge in [-0.25, -0.2) is 8.42 Å². The van der Waals surface area contributed by atoms with Crippen molar-refractivity contribution in [3.8, 4) is 0 Å². The van der Waals surface area contributed by atoms with Crippen molar-refractivity contribution in [1.82, 2.24) is 26.6 Å². The third kappa shape index (κ3) is 11.7. The Hall–Kier alpha value is -4.27. The van der Waals surface area contributed by atoms with E-state index >= 15 is 0 Å². The van der Waals surface area contributed by atoms with Crippen LogP contribution >= 0.6 is 11.3 Å². The van der Waals surface area contributed by atoms with Crippen LogP contribution in [0.3, 0.4) is 0 Å². The van der Waals surface area contributed by atoms with Gasteiger partial charge in [0.1, 0.15) is 6.04 Å². The first-order valence-electron chi connectivity index (χ1n) is 16.2. The van der Waals surface area contributed by atoms with Crippen LogP contribution in [0.5, 0.6) is 0 Å². The fourth-order valence-corrected chi connectivity index (χ4v) is 6.25. The molecule has 0 unspecified atom stereocenters. The lowest BCUT2D eigenvalue weighted by atomic mass is 10.0. The predicted molar refractivity (Wildman–Crippen MR) is 194 cm³/mol. The maximum absolute atomic E-state index is 13.8. The number of nitrogens with one attached hydrogen (secondary N) is 5. The van der Waals surface area contributed by atoms with Crippen molar-refractivity contribution >= 4 is 50.7 Å².